The van der Waals surface area contributed by atoms with Gasteiger partial charge >= 0.3 is 5.97 Å². The summed E-state index contributed by atoms with van der Waals surface area (Å²) < 4.78 is 5.80. The highest BCUT2D eigenvalue weighted by Gasteiger charge is 2.31. The lowest BCUT2D eigenvalue weighted by Crippen LogP contribution is -3.00. The summed E-state index contributed by atoms with van der Waals surface area (Å²) in [5, 5.41) is 0. The van der Waals surface area contributed by atoms with Crippen LogP contribution in [0.25, 0.3) is 0 Å². The van der Waals surface area contributed by atoms with Crippen LogP contribution in [0.15, 0.2) is 24.3 Å². The minimum atomic E-state index is -0.0885. The molecule has 1 aliphatic rings. The Hall–Kier alpha value is -0.620. The molecule has 0 saturated heterocycles. The Morgan fingerprint density at radius 3 is 2.67 bits per heavy atom. The smallest absolute Gasteiger partial charge is 0.361 e. The first kappa shape index (κ1) is 15.4. The lowest BCUT2D eigenvalue weighted by atomic mass is 9.98. The molecule has 1 aromatic carbocycles. The highest BCUT2D eigenvalue weighted by Crippen LogP contribution is 2.23. The van der Waals surface area contributed by atoms with Crippen molar-refractivity contribution in [2.75, 3.05) is 26.7 Å². The second-order valence-electron chi connectivity index (χ2n) is 4.98. The van der Waals surface area contributed by atoms with Crippen LogP contribution < -0.4 is 24.0 Å². The molecule has 0 aromatic heterocycles. The molecule has 0 fully saturated rings. The predicted molar refractivity (Wildman–Crippen MR) is 66.4 cm³/mol. The number of halogens is 1. The largest absolute Gasteiger partial charge is 1.00 e. The molecule has 0 bridgehead atoms. The van der Waals surface area contributed by atoms with Gasteiger partial charge in [-0.3, -0.25) is 0 Å². The minimum absolute atomic E-state index is 0. The number of ether oxygens (including phenoxy) is 1. The van der Waals surface area contributed by atoms with E-state index in [-0.39, 0.29) is 29.9 Å². The summed E-state index contributed by atoms with van der Waals surface area (Å²) in [6, 6.07) is 8.50. The topological polar surface area (TPSA) is 26.3 Å². The molecule has 4 heteroatoms. The molecular weight excluding hydrogens is 341 g/mol. The highest BCUT2D eigenvalue weighted by molar-refractivity contribution is 5.70. The van der Waals surface area contributed by atoms with Gasteiger partial charge in [0.25, 0.3) is 0 Å². The van der Waals surface area contributed by atoms with Crippen LogP contribution >= 0.6 is 0 Å². The average molecular weight is 361 g/mol. The summed E-state index contributed by atoms with van der Waals surface area (Å²) in [7, 11) is 2.13. The third kappa shape index (κ3) is 3.68. The Balaban J connectivity index is 0.00000162. The van der Waals surface area contributed by atoms with Crippen LogP contribution in [0.3, 0.4) is 0 Å². The summed E-state index contributed by atoms with van der Waals surface area (Å²) in [6.07, 6.45) is 1.05. The quantitative estimate of drug-likeness (QED) is 0.383. The van der Waals surface area contributed by atoms with Crippen LogP contribution in [0.4, 0.5) is 0 Å². The number of carbonyl (C=O) groups is 1. The van der Waals surface area contributed by atoms with Gasteiger partial charge in [0.15, 0.2) is 6.54 Å². The summed E-state index contributed by atoms with van der Waals surface area (Å²) in [5.41, 5.74) is 2.79. The molecular formula is C14H20INO2. The first-order valence-electron chi connectivity index (χ1n) is 6.19. The number of esters is 1. The Bertz CT molecular complexity index is 422. The van der Waals surface area contributed by atoms with E-state index in [1.807, 2.05) is 6.92 Å². The van der Waals surface area contributed by atoms with Crippen molar-refractivity contribution in [2.45, 2.75) is 19.9 Å². The van der Waals surface area contributed by atoms with Crippen molar-refractivity contribution in [3.8, 4) is 0 Å². The summed E-state index contributed by atoms with van der Waals surface area (Å²) in [5.74, 6) is -0.0885. The first-order chi connectivity index (χ1) is 8.13. The fourth-order valence-corrected chi connectivity index (χ4v) is 2.49. The van der Waals surface area contributed by atoms with Gasteiger partial charge < -0.3 is 33.2 Å². The Morgan fingerprint density at radius 1 is 1.33 bits per heavy atom. The van der Waals surface area contributed by atoms with Crippen molar-refractivity contribution in [3.05, 3.63) is 35.4 Å². The maximum Gasteiger partial charge on any atom is 0.361 e. The third-order valence-electron chi connectivity index (χ3n) is 3.41. The number of nitrogens with zero attached hydrogens (tertiary/aromatic N) is 1. The Kier molecular flexibility index (Phi) is 5.59. The second kappa shape index (κ2) is 6.52. The predicted octanol–water partition coefficient (Wildman–Crippen LogP) is -1.24. The van der Waals surface area contributed by atoms with Crippen LogP contribution in [-0.2, 0) is 22.5 Å². The van der Waals surface area contributed by atoms with Crippen molar-refractivity contribution < 1.29 is 38.0 Å². The summed E-state index contributed by atoms with van der Waals surface area (Å²) in [6.45, 7) is 4.73. The van der Waals surface area contributed by atoms with Crippen molar-refractivity contribution >= 4 is 5.97 Å². The molecule has 0 spiro atoms. The van der Waals surface area contributed by atoms with Gasteiger partial charge in [-0.15, -0.1) is 0 Å². The molecule has 1 atom stereocenters. The molecule has 2 rings (SSSR count). The van der Waals surface area contributed by atoms with Crippen LogP contribution in [0.2, 0.25) is 0 Å². The van der Waals surface area contributed by atoms with Gasteiger partial charge in [-0.25, -0.2) is 4.79 Å². The van der Waals surface area contributed by atoms with Gasteiger partial charge in [-0.2, -0.15) is 0 Å². The normalized spacial score (nSPS) is 21.7. The first-order valence-corrected chi connectivity index (χ1v) is 6.19. The minimum Gasteiger partial charge on any atom is -1.00 e. The van der Waals surface area contributed by atoms with E-state index in [4.69, 9.17) is 4.74 Å². The van der Waals surface area contributed by atoms with E-state index in [9.17, 15) is 4.79 Å². The zero-order valence-corrected chi connectivity index (χ0v) is 13.1. The van der Waals surface area contributed by atoms with Crippen LogP contribution in [-0.4, -0.2) is 37.2 Å². The Labute approximate surface area is 126 Å². The molecule has 0 amide bonds. The molecule has 0 N–H and O–H groups in total. The number of rotatable bonds is 3. The zero-order valence-electron chi connectivity index (χ0n) is 11.0. The SMILES string of the molecule is CCOC(=O)C[N+]1(C)CCc2ccccc2C1.[I-]. The molecule has 3 nitrogen and oxygen atoms in total. The van der Waals surface area contributed by atoms with Crippen LogP contribution in [0.5, 0.6) is 0 Å². The average Bonchev–Trinajstić information content (AvgIpc) is 2.28. The van der Waals surface area contributed by atoms with Crippen LogP contribution in [0, 0.1) is 0 Å². The number of carbonyl (C=O) groups excluding carboxylic acids is 1. The van der Waals surface area contributed by atoms with E-state index >= 15 is 0 Å². The summed E-state index contributed by atoms with van der Waals surface area (Å²) >= 11 is 0. The lowest BCUT2D eigenvalue weighted by molar-refractivity contribution is -0.917. The van der Waals surface area contributed by atoms with Gasteiger partial charge in [0.05, 0.1) is 20.2 Å². The molecule has 1 aromatic rings. The van der Waals surface area contributed by atoms with Gasteiger partial charge in [-0.1, -0.05) is 24.3 Å². The van der Waals surface area contributed by atoms with E-state index in [2.05, 4.69) is 31.3 Å². The van der Waals surface area contributed by atoms with Gasteiger partial charge in [0.2, 0.25) is 0 Å². The fourth-order valence-electron chi connectivity index (χ4n) is 2.49. The maximum absolute atomic E-state index is 11.6. The van der Waals surface area contributed by atoms with E-state index in [0.717, 1.165) is 24.0 Å². The molecule has 100 valence electrons. The highest BCUT2D eigenvalue weighted by atomic mass is 127. The van der Waals surface area contributed by atoms with E-state index in [0.29, 0.717) is 13.2 Å². The van der Waals surface area contributed by atoms with E-state index in [1.165, 1.54) is 11.1 Å². The molecule has 1 aliphatic heterocycles. The van der Waals surface area contributed by atoms with Crippen molar-refractivity contribution in [1.29, 1.82) is 0 Å². The molecule has 0 saturated carbocycles. The Morgan fingerprint density at radius 2 is 2.00 bits per heavy atom. The zero-order chi connectivity index (χ0) is 12.3. The lowest BCUT2D eigenvalue weighted by Gasteiger charge is -2.37. The number of likely N-dealkylation sites (N-methyl/N-ethyl adjacent to an activating group) is 1. The molecule has 0 radical (unpaired) electrons. The maximum atomic E-state index is 11.6. The van der Waals surface area contributed by atoms with Gasteiger partial charge in [-0.05, 0) is 12.5 Å². The molecule has 1 unspecified atom stereocenters. The molecule has 1 heterocycles. The summed E-state index contributed by atoms with van der Waals surface area (Å²) in [4.78, 5) is 11.6. The van der Waals surface area contributed by atoms with Crippen molar-refractivity contribution in [2.24, 2.45) is 0 Å². The standard InChI is InChI=1S/C14H20NO2.HI/c1-3-17-14(16)11-15(2)9-8-12-6-4-5-7-13(12)10-15;/h4-7H,3,8-11H2,1-2H3;1H/q+1;/p-1. The number of hydrogen-bond donors (Lipinski definition) is 0. The third-order valence-corrected chi connectivity index (χ3v) is 3.41. The van der Waals surface area contributed by atoms with Gasteiger partial charge in [0.1, 0.15) is 6.54 Å². The van der Waals surface area contributed by atoms with Crippen molar-refractivity contribution in [3.63, 3.8) is 0 Å². The molecule has 18 heavy (non-hydrogen) atoms. The molecule has 0 aliphatic carbocycles. The number of benzene rings is 1. The number of fused-ring (bicyclic) bond motifs is 1. The van der Waals surface area contributed by atoms with E-state index < -0.39 is 0 Å². The van der Waals surface area contributed by atoms with Crippen LogP contribution in [0.1, 0.15) is 18.1 Å². The fraction of sp³-hybridized carbons (Fsp3) is 0.500. The van der Waals surface area contributed by atoms with Gasteiger partial charge in [0, 0.05) is 12.0 Å². The number of hydrogen-bond acceptors (Lipinski definition) is 2. The monoisotopic (exact) mass is 361 g/mol. The van der Waals surface area contributed by atoms with E-state index in [1.54, 1.807) is 0 Å². The van der Waals surface area contributed by atoms with Crippen molar-refractivity contribution in [1.82, 2.24) is 0 Å². The second-order valence-corrected chi connectivity index (χ2v) is 4.98. The number of quaternary nitrogens is 1.